The first-order valence-electron chi connectivity index (χ1n) is 10.8. The van der Waals surface area contributed by atoms with Gasteiger partial charge in [-0.2, -0.15) is 0 Å². The van der Waals surface area contributed by atoms with Gasteiger partial charge in [-0.25, -0.2) is 4.98 Å². The Morgan fingerprint density at radius 2 is 1.97 bits per heavy atom. The topological polar surface area (TPSA) is 84.1 Å². The Hall–Kier alpha value is -2.47. The first-order valence-corrected chi connectivity index (χ1v) is 10.8. The highest BCUT2D eigenvalue weighted by Crippen LogP contribution is 2.30. The molecule has 0 aromatic carbocycles. The van der Waals surface area contributed by atoms with Crippen molar-refractivity contribution < 1.29 is 4.79 Å². The van der Waals surface area contributed by atoms with E-state index >= 15 is 0 Å². The molecule has 1 amide bonds. The summed E-state index contributed by atoms with van der Waals surface area (Å²) in [6.07, 6.45) is 9.52. The highest BCUT2D eigenvalue weighted by atomic mass is 16.1. The van der Waals surface area contributed by atoms with E-state index in [2.05, 4.69) is 21.3 Å². The maximum Gasteiger partial charge on any atom is 0.249 e. The monoisotopic (exact) mass is 393 g/mol. The van der Waals surface area contributed by atoms with Crippen molar-refractivity contribution in [1.82, 2.24) is 15.3 Å². The Kier molecular flexibility index (Phi) is 6.09. The van der Waals surface area contributed by atoms with Crippen LogP contribution >= 0.6 is 0 Å². The molecular weight excluding hydrogens is 362 g/mol. The van der Waals surface area contributed by atoms with E-state index in [0.717, 1.165) is 66.9 Å². The first kappa shape index (κ1) is 19.8. The second kappa shape index (κ2) is 8.91. The molecule has 0 spiro atoms. The van der Waals surface area contributed by atoms with Crippen molar-refractivity contribution in [2.75, 3.05) is 31.1 Å². The zero-order valence-corrected chi connectivity index (χ0v) is 17.3. The van der Waals surface area contributed by atoms with Crippen LogP contribution in [-0.2, 0) is 6.42 Å². The first-order chi connectivity index (χ1) is 14.1. The van der Waals surface area contributed by atoms with Gasteiger partial charge in [0.1, 0.15) is 5.82 Å². The van der Waals surface area contributed by atoms with Gasteiger partial charge in [0, 0.05) is 49.2 Å². The van der Waals surface area contributed by atoms with Crippen molar-refractivity contribution in [3.8, 4) is 11.3 Å². The fraction of sp³-hybridized carbons (Fsp3) is 0.522. The number of hydrogen-bond donors (Lipinski definition) is 2. The Morgan fingerprint density at radius 3 is 2.69 bits per heavy atom. The summed E-state index contributed by atoms with van der Waals surface area (Å²) in [5.74, 6) is 1.15. The lowest BCUT2D eigenvalue weighted by molar-refractivity contribution is 0.0999. The van der Waals surface area contributed by atoms with E-state index in [4.69, 9.17) is 10.7 Å². The maximum absolute atomic E-state index is 12.1. The van der Waals surface area contributed by atoms with Gasteiger partial charge in [0.05, 0.1) is 5.69 Å². The average molecular weight is 394 g/mol. The summed E-state index contributed by atoms with van der Waals surface area (Å²) >= 11 is 0. The lowest BCUT2D eigenvalue weighted by atomic mass is 9.86. The van der Waals surface area contributed by atoms with Crippen LogP contribution in [0.15, 0.2) is 24.4 Å². The summed E-state index contributed by atoms with van der Waals surface area (Å²) in [5, 5.41) is 3.36. The number of piperazine rings is 1. The van der Waals surface area contributed by atoms with E-state index in [-0.39, 0.29) is 0 Å². The number of amides is 1. The minimum absolute atomic E-state index is 0.404. The van der Waals surface area contributed by atoms with Crippen molar-refractivity contribution in [2.45, 2.75) is 45.4 Å². The minimum Gasteiger partial charge on any atom is -0.366 e. The number of primary amides is 1. The number of rotatable bonds is 5. The SMILES string of the molecule is Cc1c(C(N)=O)cc(N2CCNCC2)nc1-c1ccnc(CC2CCCCC2)c1. The molecule has 6 heteroatoms. The van der Waals surface area contributed by atoms with Gasteiger partial charge in [-0.15, -0.1) is 0 Å². The molecule has 3 heterocycles. The van der Waals surface area contributed by atoms with Gasteiger partial charge in [-0.05, 0) is 43.0 Å². The van der Waals surface area contributed by atoms with E-state index in [1.165, 1.54) is 32.1 Å². The second-order valence-corrected chi connectivity index (χ2v) is 8.35. The quantitative estimate of drug-likeness (QED) is 0.815. The zero-order valence-electron chi connectivity index (χ0n) is 17.3. The number of carbonyl (C=O) groups is 1. The lowest BCUT2D eigenvalue weighted by Crippen LogP contribution is -2.44. The minimum atomic E-state index is -0.404. The van der Waals surface area contributed by atoms with Crippen LogP contribution in [0.2, 0.25) is 0 Å². The summed E-state index contributed by atoms with van der Waals surface area (Å²) in [4.78, 5) is 23.9. The van der Waals surface area contributed by atoms with Crippen molar-refractivity contribution in [2.24, 2.45) is 11.7 Å². The molecule has 1 saturated carbocycles. The second-order valence-electron chi connectivity index (χ2n) is 8.35. The number of aromatic nitrogens is 2. The van der Waals surface area contributed by atoms with Crippen LogP contribution in [-0.4, -0.2) is 42.1 Å². The number of nitrogens with zero attached hydrogens (tertiary/aromatic N) is 3. The van der Waals surface area contributed by atoms with Crippen molar-refractivity contribution >= 4 is 11.7 Å². The van der Waals surface area contributed by atoms with E-state index in [9.17, 15) is 4.79 Å². The van der Waals surface area contributed by atoms with Crippen LogP contribution in [0.25, 0.3) is 11.3 Å². The Labute approximate surface area is 172 Å². The maximum atomic E-state index is 12.1. The third kappa shape index (κ3) is 4.58. The van der Waals surface area contributed by atoms with Gasteiger partial charge in [0.2, 0.25) is 5.91 Å². The van der Waals surface area contributed by atoms with Crippen LogP contribution in [0.4, 0.5) is 5.82 Å². The van der Waals surface area contributed by atoms with E-state index < -0.39 is 5.91 Å². The van der Waals surface area contributed by atoms with Gasteiger partial charge >= 0.3 is 0 Å². The van der Waals surface area contributed by atoms with Crippen LogP contribution in [0.3, 0.4) is 0 Å². The lowest BCUT2D eigenvalue weighted by Gasteiger charge is -2.29. The highest BCUT2D eigenvalue weighted by molar-refractivity contribution is 5.96. The van der Waals surface area contributed by atoms with E-state index in [1.807, 2.05) is 25.3 Å². The number of hydrogen-bond acceptors (Lipinski definition) is 5. The van der Waals surface area contributed by atoms with Gasteiger partial charge in [0.25, 0.3) is 0 Å². The fourth-order valence-corrected chi connectivity index (χ4v) is 4.61. The molecule has 29 heavy (non-hydrogen) atoms. The predicted octanol–water partition coefficient (Wildman–Crippen LogP) is 3.08. The molecule has 2 aromatic rings. The molecule has 0 atom stereocenters. The molecule has 0 radical (unpaired) electrons. The smallest absolute Gasteiger partial charge is 0.249 e. The Balaban J connectivity index is 1.68. The molecule has 4 rings (SSSR count). The molecule has 3 N–H and O–H groups in total. The Morgan fingerprint density at radius 1 is 1.21 bits per heavy atom. The molecule has 0 bridgehead atoms. The summed E-state index contributed by atoms with van der Waals surface area (Å²) in [5.41, 5.74) is 10.1. The number of carbonyl (C=O) groups excluding carboxylic acids is 1. The molecule has 2 fully saturated rings. The predicted molar refractivity (Wildman–Crippen MR) is 116 cm³/mol. The Bertz CT molecular complexity index is 870. The van der Waals surface area contributed by atoms with E-state index in [0.29, 0.717) is 5.56 Å². The van der Waals surface area contributed by atoms with Crippen LogP contribution < -0.4 is 16.0 Å². The molecule has 2 aromatic heterocycles. The highest BCUT2D eigenvalue weighted by Gasteiger charge is 2.20. The molecule has 0 unspecified atom stereocenters. The van der Waals surface area contributed by atoms with Gasteiger partial charge < -0.3 is 16.0 Å². The van der Waals surface area contributed by atoms with Crippen LogP contribution in [0, 0.1) is 12.8 Å². The van der Waals surface area contributed by atoms with Gasteiger partial charge in [-0.3, -0.25) is 9.78 Å². The molecular formula is C23H31N5O. The number of anilines is 1. The third-order valence-corrected chi connectivity index (χ3v) is 6.28. The van der Waals surface area contributed by atoms with Gasteiger partial charge in [-0.1, -0.05) is 32.1 Å². The van der Waals surface area contributed by atoms with Crippen molar-refractivity contribution in [3.63, 3.8) is 0 Å². The molecule has 1 aliphatic heterocycles. The van der Waals surface area contributed by atoms with Gasteiger partial charge in [0.15, 0.2) is 0 Å². The number of pyridine rings is 2. The standard InChI is InChI=1S/C23H31N5O/c1-16-20(23(24)29)15-21(28-11-9-25-10-12-28)27-22(16)18-7-8-26-19(14-18)13-17-5-3-2-4-6-17/h7-8,14-15,17,25H,2-6,9-13H2,1H3,(H2,24,29). The molecule has 1 saturated heterocycles. The molecule has 6 nitrogen and oxygen atoms in total. The van der Waals surface area contributed by atoms with Crippen molar-refractivity contribution in [1.29, 1.82) is 0 Å². The summed E-state index contributed by atoms with van der Waals surface area (Å²) < 4.78 is 0. The number of nitrogens with one attached hydrogen (secondary N) is 1. The van der Waals surface area contributed by atoms with Crippen LogP contribution in [0.1, 0.15) is 53.7 Å². The van der Waals surface area contributed by atoms with E-state index in [1.54, 1.807) is 0 Å². The average Bonchev–Trinajstić information content (AvgIpc) is 2.75. The normalized spacial score (nSPS) is 18.0. The summed E-state index contributed by atoms with van der Waals surface area (Å²) in [6, 6.07) is 5.99. The van der Waals surface area contributed by atoms with Crippen LogP contribution in [0.5, 0.6) is 0 Å². The largest absolute Gasteiger partial charge is 0.366 e. The number of nitrogens with two attached hydrogens (primary N) is 1. The molecule has 1 aliphatic carbocycles. The molecule has 2 aliphatic rings. The van der Waals surface area contributed by atoms with Crippen molar-refractivity contribution in [3.05, 3.63) is 41.2 Å². The fourth-order valence-electron chi connectivity index (χ4n) is 4.61. The third-order valence-electron chi connectivity index (χ3n) is 6.28. The summed E-state index contributed by atoms with van der Waals surface area (Å²) in [6.45, 7) is 5.51. The summed E-state index contributed by atoms with van der Waals surface area (Å²) in [7, 11) is 0. The molecule has 154 valence electrons. The zero-order chi connectivity index (χ0) is 20.2.